The molecule has 1 N–H and O–H groups in total. The predicted octanol–water partition coefficient (Wildman–Crippen LogP) is 3.78. The van der Waals surface area contributed by atoms with Gasteiger partial charge in [0, 0.05) is 0 Å². The second kappa shape index (κ2) is 6.93. The van der Waals surface area contributed by atoms with Crippen LogP contribution in [0.15, 0.2) is 42.5 Å². The van der Waals surface area contributed by atoms with Gasteiger partial charge in [-0.2, -0.15) is 0 Å². The molecule has 23 heavy (non-hydrogen) atoms. The zero-order chi connectivity index (χ0) is 16.2. The molecule has 0 aliphatic heterocycles. The Morgan fingerprint density at radius 3 is 2.91 bits per heavy atom. The summed E-state index contributed by atoms with van der Waals surface area (Å²) in [6.45, 7) is 0.134. The van der Waals surface area contributed by atoms with E-state index in [9.17, 15) is 9.18 Å². The van der Waals surface area contributed by atoms with Gasteiger partial charge in [0.2, 0.25) is 0 Å². The monoisotopic (exact) mass is 350 g/mol. The molecular formula is C16H12ClFN2O2S. The normalized spacial score (nSPS) is 10.7. The Morgan fingerprint density at radius 1 is 1.30 bits per heavy atom. The Labute approximate surface area is 140 Å². The van der Waals surface area contributed by atoms with Crippen LogP contribution in [-0.4, -0.2) is 17.5 Å². The highest BCUT2D eigenvalue weighted by Crippen LogP contribution is 2.24. The molecule has 7 heteroatoms. The topological polar surface area (TPSA) is 51.2 Å². The Balaban J connectivity index is 1.53. The Kier molecular flexibility index (Phi) is 4.73. The molecule has 0 aliphatic rings. The first kappa shape index (κ1) is 15.7. The quantitative estimate of drug-likeness (QED) is 0.761. The molecule has 1 heterocycles. The smallest absolute Gasteiger partial charge is 0.258 e. The summed E-state index contributed by atoms with van der Waals surface area (Å²) in [5.41, 5.74) is 0.913. The maximum Gasteiger partial charge on any atom is 0.258 e. The van der Waals surface area contributed by atoms with Gasteiger partial charge in [0.05, 0.1) is 21.8 Å². The van der Waals surface area contributed by atoms with Crippen LogP contribution in [0.1, 0.15) is 5.01 Å². The zero-order valence-electron chi connectivity index (χ0n) is 11.9. The molecule has 0 aliphatic carbocycles. The van der Waals surface area contributed by atoms with E-state index in [0.29, 0.717) is 6.54 Å². The molecule has 118 valence electrons. The highest BCUT2D eigenvalue weighted by molar-refractivity contribution is 7.18. The minimum absolute atomic E-state index is 0.129. The fraction of sp³-hybridized carbons (Fsp3) is 0.125. The lowest BCUT2D eigenvalue weighted by atomic mass is 10.3. The van der Waals surface area contributed by atoms with Crippen molar-refractivity contribution in [1.29, 1.82) is 0 Å². The van der Waals surface area contributed by atoms with Gasteiger partial charge >= 0.3 is 0 Å². The predicted molar refractivity (Wildman–Crippen MR) is 88.4 cm³/mol. The van der Waals surface area contributed by atoms with E-state index in [1.54, 1.807) is 0 Å². The summed E-state index contributed by atoms with van der Waals surface area (Å²) in [7, 11) is 0. The number of ether oxygens (including phenoxy) is 1. The standard InChI is InChI=1S/C16H12ClFN2O2S/c17-11-7-10(18)5-6-13(11)22-9-15(21)19-8-16-20-12-3-1-2-4-14(12)23-16/h1-7H,8-9H2,(H,19,21). The van der Waals surface area contributed by atoms with Crippen LogP contribution in [0, 0.1) is 5.82 Å². The van der Waals surface area contributed by atoms with Crippen LogP contribution in [0.5, 0.6) is 5.75 Å². The summed E-state index contributed by atoms with van der Waals surface area (Å²) in [5.74, 6) is -0.490. The highest BCUT2D eigenvalue weighted by Gasteiger charge is 2.08. The van der Waals surface area contributed by atoms with E-state index >= 15 is 0 Å². The summed E-state index contributed by atoms with van der Waals surface area (Å²) >= 11 is 7.35. The number of para-hydroxylation sites is 1. The molecule has 0 bridgehead atoms. The van der Waals surface area contributed by atoms with Crippen molar-refractivity contribution in [3.05, 3.63) is 58.3 Å². The third-order valence-electron chi connectivity index (χ3n) is 3.03. The van der Waals surface area contributed by atoms with Crippen molar-refractivity contribution in [3.63, 3.8) is 0 Å². The molecule has 3 aromatic rings. The van der Waals surface area contributed by atoms with Crippen molar-refractivity contribution in [2.75, 3.05) is 6.61 Å². The number of carbonyl (C=O) groups excluding carboxylic acids is 1. The lowest BCUT2D eigenvalue weighted by molar-refractivity contribution is -0.123. The fourth-order valence-electron chi connectivity index (χ4n) is 1.96. The van der Waals surface area contributed by atoms with Gasteiger partial charge in [-0.05, 0) is 30.3 Å². The molecule has 1 amide bonds. The Morgan fingerprint density at radius 2 is 2.13 bits per heavy atom. The number of carbonyl (C=O) groups is 1. The number of fused-ring (bicyclic) bond motifs is 1. The van der Waals surface area contributed by atoms with Crippen molar-refractivity contribution in [2.45, 2.75) is 6.54 Å². The summed E-state index contributed by atoms with van der Waals surface area (Å²) in [5, 5.41) is 3.68. The van der Waals surface area contributed by atoms with E-state index < -0.39 is 5.82 Å². The van der Waals surface area contributed by atoms with Gasteiger partial charge in [-0.15, -0.1) is 11.3 Å². The second-order valence-electron chi connectivity index (χ2n) is 4.72. The molecule has 3 rings (SSSR count). The number of halogens is 2. The number of nitrogens with zero attached hydrogens (tertiary/aromatic N) is 1. The van der Waals surface area contributed by atoms with E-state index in [1.807, 2.05) is 24.3 Å². The molecule has 0 saturated carbocycles. The van der Waals surface area contributed by atoms with Gasteiger partial charge in [-0.1, -0.05) is 23.7 Å². The molecule has 0 saturated heterocycles. The van der Waals surface area contributed by atoms with Gasteiger partial charge in [0.1, 0.15) is 16.6 Å². The van der Waals surface area contributed by atoms with E-state index in [0.717, 1.165) is 21.3 Å². The van der Waals surface area contributed by atoms with E-state index in [-0.39, 0.29) is 23.3 Å². The molecule has 0 atom stereocenters. The Hall–Kier alpha value is -2.18. The maximum atomic E-state index is 12.9. The van der Waals surface area contributed by atoms with Crippen molar-refractivity contribution >= 4 is 39.1 Å². The number of nitrogens with one attached hydrogen (secondary N) is 1. The second-order valence-corrected chi connectivity index (χ2v) is 6.24. The third kappa shape index (κ3) is 3.97. The lowest BCUT2D eigenvalue weighted by Gasteiger charge is -2.08. The summed E-state index contributed by atoms with van der Waals surface area (Å²) < 4.78 is 19.3. The molecule has 0 unspecified atom stereocenters. The minimum Gasteiger partial charge on any atom is -0.482 e. The van der Waals surface area contributed by atoms with Crippen LogP contribution in [0.25, 0.3) is 10.2 Å². The molecule has 1 aromatic heterocycles. The minimum atomic E-state index is -0.456. The number of hydrogen-bond donors (Lipinski definition) is 1. The number of rotatable bonds is 5. The van der Waals surface area contributed by atoms with E-state index in [4.69, 9.17) is 16.3 Å². The first-order chi connectivity index (χ1) is 11.1. The number of hydrogen-bond acceptors (Lipinski definition) is 4. The average molecular weight is 351 g/mol. The van der Waals surface area contributed by atoms with Gasteiger partial charge < -0.3 is 10.1 Å². The number of amides is 1. The average Bonchev–Trinajstić information content (AvgIpc) is 2.95. The van der Waals surface area contributed by atoms with Crippen molar-refractivity contribution in [3.8, 4) is 5.75 Å². The first-order valence-electron chi connectivity index (χ1n) is 6.81. The number of benzene rings is 2. The van der Waals surface area contributed by atoms with Crippen LogP contribution in [-0.2, 0) is 11.3 Å². The Bertz CT molecular complexity index is 820. The van der Waals surface area contributed by atoms with Crippen molar-refractivity contribution in [1.82, 2.24) is 10.3 Å². The van der Waals surface area contributed by atoms with E-state index in [1.165, 1.54) is 23.5 Å². The van der Waals surface area contributed by atoms with Crippen LogP contribution in [0.4, 0.5) is 4.39 Å². The van der Waals surface area contributed by atoms with Gasteiger partial charge in [0.25, 0.3) is 5.91 Å². The first-order valence-corrected chi connectivity index (χ1v) is 8.00. The molecule has 2 aromatic carbocycles. The maximum absolute atomic E-state index is 12.9. The summed E-state index contributed by atoms with van der Waals surface area (Å²) in [6, 6.07) is 11.5. The van der Waals surface area contributed by atoms with Crippen molar-refractivity contribution < 1.29 is 13.9 Å². The molecule has 4 nitrogen and oxygen atoms in total. The van der Waals surface area contributed by atoms with Crippen LogP contribution in [0.3, 0.4) is 0 Å². The lowest BCUT2D eigenvalue weighted by Crippen LogP contribution is -2.28. The molecular weight excluding hydrogens is 339 g/mol. The number of aromatic nitrogens is 1. The van der Waals surface area contributed by atoms with Gasteiger partial charge in [-0.25, -0.2) is 9.37 Å². The summed E-state index contributed by atoms with van der Waals surface area (Å²) in [4.78, 5) is 16.2. The van der Waals surface area contributed by atoms with Gasteiger partial charge in [0.15, 0.2) is 6.61 Å². The van der Waals surface area contributed by atoms with Crippen molar-refractivity contribution in [2.24, 2.45) is 0 Å². The molecule has 0 radical (unpaired) electrons. The van der Waals surface area contributed by atoms with Crippen LogP contribution in [0.2, 0.25) is 5.02 Å². The third-order valence-corrected chi connectivity index (χ3v) is 4.36. The van der Waals surface area contributed by atoms with Crippen LogP contribution >= 0.6 is 22.9 Å². The zero-order valence-corrected chi connectivity index (χ0v) is 13.5. The molecule has 0 spiro atoms. The van der Waals surface area contributed by atoms with Gasteiger partial charge in [-0.3, -0.25) is 4.79 Å². The summed E-state index contributed by atoms with van der Waals surface area (Å²) in [6.07, 6.45) is 0. The highest BCUT2D eigenvalue weighted by atomic mass is 35.5. The fourth-order valence-corrected chi connectivity index (χ4v) is 3.09. The van der Waals surface area contributed by atoms with Crippen LogP contribution < -0.4 is 10.1 Å². The van der Waals surface area contributed by atoms with E-state index in [2.05, 4.69) is 10.3 Å². The largest absolute Gasteiger partial charge is 0.482 e. The molecule has 0 fully saturated rings. The number of thiazole rings is 1. The SMILES string of the molecule is O=C(COc1ccc(F)cc1Cl)NCc1nc2ccccc2s1.